The van der Waals surface area contributed by atoms with Crippen LogP contribution in [0.1, 0.15) is 18.2 Å². The second-order valence-electron chi connectivity index (χ2n) is 4.57. The molecule has 0 aliphatic rings. The maximum Gasteiger partial charge on any atom is 0.266 e. The fourth-order valence-corrected chi connectivity index (χ4v) is 3.54. The quantitative estimate of drug-likeness (QED) is 0.716. The highest BCUT2D eigenvalue weighted by Gasteiger charge is 2.18. The largest absolute Gasteiger partial charge is 0.315 e. The first kappa shape index (κ1) is 15.9. The number of hydrogen-bond donors (Lipinski definition) is 2. The number of rotatable bonds is 8. The van der Waals surface area contributed by atoms with E-state index < -0.39 is 10.0 Å². The van der Waals surface area contributed by atoms with Crippen molar-refractivity contribution in [2.45, 2.75) is 31.7 Å². The zero-order valence-corrected chi connectivity index (χ0v) is 13.7. The molecule has 0 saturated heterocycles. The smallest absolute Gasteiger partial charge is 0.266 e. The van der Waals surface area contributed by atoms with Gasteiger partial charge >= 0.3 is 0 Å². The molecule has 0 aromatic carbocycles. The molecular weight excluding hydrogens is 310 g/mol. The minimum atomic E-state index is -3.62. The van der Waals surface area contributed by atoms with Crippen LogP contribution >= 0.6 is 11.3 Å². The Morgan fingerprint density at radius 1 is 1.33 bits per heavy atom. The number of aromatic nitrogens is 3. The Kier molecular flexibility index (Phi) is 5.32. The van der Waals surface area contributed by atoms with Crippen molar-refractivity contribution >= 4 is 26.5 Å². The van der Waals surface area contributed by atoms with Gasteiger partial charge in [-0.1, -0.05) is 6.92 Å². The maximum absolute atomic E-state index is 12.2. The Labute approximate surface area is 128 Å². The monoisotopic (exact) mass is 329 g/mol. The molecule has 0 aliphatic carbocycles. The molecule has 9 heteroatoms. The molecular formula is C12H19N5O2S2. The second kappa shape index (κ2) is 7.01. The lowest BCUT2D eigenvalue weighted by molar-refractivity contribution is 0.552. The Hall–Kier alpha value is -1.45. The third kappa shape index (κ3) is 4.51. The molecule has 2 aromatic rings. The molecule has 0 unspecified atom stereocenters. The Bertz CT molecular complexity index is 677. The van der Waals surface area contributed by atoms with Gasteiger partial charge in [0, 0.05) is 23.8 Å². The summed E-state index contributed by atoms with van der Waals surface area (Å²) in [5, 5.41) is 7.67. The molecule has 116 valence electrons. The van der Waals surface area contributed by atoms with Gasteiger partial charge in [0.1, 0.15) is 4.90 Å². The number of thiazole rings is 1. The van der Waals surface area contributed by atoms with E-state index in [1.807, 2.05) is 6.92 Å². The predicted molar refractivity (Wildman–Crippen MR) is 83.0 cm³/mol. The van der Waals surface area contributed by atoms with Crippen molar-refractivity contribution in [3.05, 3.63) is 23.5 Å². The van der Waals surface area contributed by atoms with Crippen LogP contribution in [0, 0.1) is 6.92 Å². The number of aryl methyl sites for hydroxylation is 1. The first-order valence-electron chi connectivity index (χ1n) is 6.69. The molecule has 0 fully saturated rings. The summed E-state index contributed by atoms with van der Waals surface area (Å²) >= 11 is 1.30. The van der Waals surface area contributed by atoms with Gasteiger partial charge in [-0.15, -0.1) is 11.3 Å². The van der Waals surface area contributed by atoms with Crippen molar-refractivity contribution in [1.29, 1.82) is 0 Å². The van der Waals surface area contributed by atoms with Crippen molar-refractivity contribution in [3.8, 4) is 0 Å². The van der Waals surface area contributed by atoms with Gasteiger partial charge in [0.15, 0.2) is 5.13 Å². The molecule has 7 nitrogen and oxygen atoms in total. The summed E-state index contributed by atoms with van der Waals surface area (Å²) in [6.45, 7) is 6.30. The minimum Gasteiger partial charge on any atom is -0.315 e. The molecule has 21 heavy (non-hydrogen) atoms. The van der Waals surface area contributed by atoms with Crippen LogP contribution in [-0.2, 0) is 16.6 Å². The van der Waals surface area contributed by atoms with Crippen molar-refractivity contribution in [2.24, 2.45) is 0 Å². The van der Waals surface area contributed by atoms with E-state index in [4.69, 9.17) is 0 Å². The highest BCUT2D eigenvalue weighted by Crippen LogP contribution is 2.20. The highest BCUT2D eigenvalue weighted by atomic mass is 32.2. The van der Waals surface area contributed by atoms with E-state index in [-0.39, 0.29) is 4.90 Å². The number of hydrogen-bond acceptors (Lipinski definition) is 6. The van der Waals surface area contributed by atoms with Gasteiger partial charge in [0.25, 0.3) is 10.0 Å². The highest BCUT2D eigenvalue weighted by molar-refractivity contribution is 7.93. The van der Waals surface area contributed by atoms with E-state index in [2.05, 4.69) is 27.0 Å². The van der Waals surface area contributed by atoms with Crippen molar-refractivity contribution < 1.29 is 8.42 Å². The van der Waals surface area contributed by atoms with Crippen LogP contribution in [0.3, 0.4) is 0 Å². The van der Waals surface area contributed by atoms with E-state index in [1.165, 1.54) is 23.7 Å². The van der Waals surface area contributed by atoms with Gasteiger partial charge in [-0.25, -0.2) is 13.4 Å². The summed E-state index contributed by atoms with van der Waals surface area (Å²) in [6, 6.07) is 0. The van der Waals surface area contributed by atoms with Crippen LogP contribution in [0.15, 0.2) is 23.5 Å². The number of nitrogens with zero attached hydrogens (tertiary/aromatic N) is 3. The standard InChI is InChI=1S/C12H19N5O2S2/c1-3-4-13-5-6-17-9-11(8-15-17)21(18,19)16-12-14-7-10(2)20-12/h7-9,13H,3-6H2,1-2H3,(H,14,16). The lowest BCUT2D eigenvalue weighted by Crippen LogP contribution is -2.20. The Balaban J connectivity index is 1.98. The summed E-state index contributed by atoms with van der Waals surface area (Å²) in [7, 11) is -3.62. The number of anilines is 1. The van der Waals surface area contributed by atoms with Gasteiger partial charge < -0.3 is 5.32 Å². The van der Waals surface area contributed by atoms with Crippen LogP contribution in [0.4, 0.5) is 5.13 Å². The van der Waals surface area contributed by atoms with Crippen molar-refractivity contribution in [2.75, 3.05) is 17.8 Å². The SMILES string of the molecule is CCCNCCn1cc(S(=O)(=O)Nc2ncc(C)s2)cn1. The van der Waals surface area contributed by atoms with Gasteiger partial charge in [0.2, 0.25) is 0 Å². The zero-order valence-electron chi connectivity index (χ0n) is 12.0. The van der Waals surface area contributed by atoms with Gasteiger partial charge in [-0.05, 0) is 19.9 Å². The number of sulfonamides is 1. The van der Waals surface area contributed by atoms with Crippen LogP contribution in [0.25, 0.3) is 0 Å². The van der Waals surface area contributed by atoms with Gasteiger partial charge in [-0.3, -0.25) is 9.40 Å². The van der Waals surface area contributed by atoms with Crippen LogP contribution in [0.5, 0.6) is 0 Å². The summed E-state index contributed by atoms with van der Waals surface area (Å²) in [4.78, 5) is 5.09. The van der Waals surface area contributed by atoms with Crippen LogP contribution in [0.2, 0.25) is 0 Å². The van der Waals surface area contributed by atoms with Crippen molar-refractivity contribution in [1.82, 2.24) is 20.1 Å². The van der Waals surface area contributed by atoms with Crippen molar-refractivity contribution in [3.63, 3.8) is 0 Å². The topological polar surface area (TPSA) is 88.9 Å². The van der Waals surface area contributed by atoms with Crippen LogP contribution < -0.4 is 10.0 Å². The number of nitrogens with one attached hydrogen (secondary N) is 2. The molecule has 2 aromatic heterocycles. The lowest BCUT2D eigenvalue weighted by atomic mass is 10.5. The normalized spacial score (nSPS) is 11.7. The molecule has 0 saturated carbocycles. The Morgan fingerprint density at radius 2 is 2.14 bits per heavy atom. The summed E-state index contributed by atoms with van der Waals surface area (Å²) in [5.74, 6) is 0. The predicted octanol–water partition coefficient (Wildman–Crippen LogP) is 1.45. The van der Waals surface area contributed by atoms with E-state index in [0.717, 1.165) is 24.4 Å². The third-order valence-corrected chi connectivity index (χ3v) is 4.96. The average molecular weight is 329 g/mol. The fourth-order valence-electron chi connectivity index (χ4n) is 1.68. The molecule has 0 aliphatic heterocycles. The molecule has 0 bridgehead atoms. The molecule has 2 rings (SSSR count). The van der Waals surface area contributed by atoms with E-state index >= 15 is 0 Å². The van der Waals surface area contributed by atoms with Gasteiger partial charge in [-0.2, -0.15) is 5.10 Å². The molecule has 0 atom stereocenters. The summed E-state index contributed by atoms with van der Waals surface area (Å²) in [6.07, 6.45) is 5.57. The fraction of sp³-hybridized carbons (Fsp3) is 0.500. The lowest BCUT2D eigenvalue weighted by Gasteiger charge is -2.03. The average Bonchev–Trinajstić information content (AvgIpc) is 3.04. The second-order valence-corrected chi connectivity index (χ2v) is 7.49. The Morgan fingerprint density at radius 3 is 2.81 bits per heavy atom. The molecule has 0 radical (unpaired) electrons. The summed E-state index contributed by atoms with van der Waals surface area (Å²) in [5.41, 5.74) is 0. The van der Waals surface area contributed by atoms with Crippen LogP contribution in [-0.4, -0.2) is 36.3 Å². The molecule has 2 N–H and O–H groups in total. The van der Waals surface area contributed by atoms with Gasteiger partial charge in [0.05, 0.1) is 12.7 Å². The minimum absolute atomic E-state index is 0.144. The molecule has 0 amide bonds. The first-order chi connectivity index (χ1) is 10.0. The van der Waals surface area contributed by atoms with E-state index in [9.17, 15) is 8.42 Å². The first-order valence-corrected chi connectivity index (χ1v) is 8.99. The molecule has 0 spiro atoms. The van der Waals surface area contributed by atoms with E-state index in [0.29, 0.717) is 11.7 Å². The third-order valence-electron chi connectivity index (χ3n) is 2.71. The maximum atomic E-state index is 12.2. The molecule has 2 heterocycles. The van der Waals surface area contributed by atoms with E-state index in [1.54, 1.807) is 10.9 Å². The summed E-state index contributed by atoms with van der Waals surface area (Å²) < 4.78 is 28.4. The zero-order chi connectivity index (χ0) is 15.3.